The summed E-state index contributed by atoms with van der Waals surface area (Å²) in [6.45, 7) is 4.23. The monoisotopic (exact) mass is 347 g/mol. The molecule has 0 aliphatic carbocycles. The van der Waals surface area contributed by atoms with Gasteiger partial charge in [0.2, 0.25) is 11.0 Å². The van der Waals surface area contributed by atoms with E-state index in [2.05, 4.69) is 29.4 Å². The van der Waals surface area contributed by atoms with Crippen molar-refractivity contribution in [2.75, 3.05) is 19.5 Å². The molecule has 2 rings (SSSR count). The summed E-state index contributed by atoms with van der Waals surface area (Å²) in [6, 6.07) is 5.40. The Hall–Kier alpha value is -2.41. The van der Waals surface area contributed by atoms with Crippen LogP contribution in [0.1, 0.15) is 24.4 Å². The van der Waals surface area contributed by atoms with Crippen molar-refractivity contribution in [3.8, 4) is 11.5 Å². The van der Waals surface area contributed by atoms with E-state index in [1.807, 2.05) is 12.1 Å². The predicted molar refractivity (Wildman–Crippen MR) is 95.7 cm³/mol. The zero-order chi connectivity index (χ0) is 17.5. The lowest BCUT2D eigenvalue weighted by atomic mass is 10.1. The van der Waals surface area contributed by atoms with Gasteiger partial charge in [-0.25, -0.2) is 0 Å². The van der Waals surface area contributed by atoms with Gasteiger partial charge in [-0.3, -0.25) is 10.1 Å². The summed E-state index contributed by atoms with van der Waals surface area (Å²) in [4.78, 5) is 12.0. The van der Waals surface area contributed by atoms with Crippen molar-refractivity contribution >= 4 is 28.5 Å². The maximum absolute atomic E-state index is 12.0. The number of amides is 1. The highest BCUT2D eigenvalue weighted by Gasteiger charge is 2.08. The zero-order valence-electron chi connectivity index (χ0n) is 14.2. The number of hydrogen-bond acceptors (Lipinski definition) is 6. The van der Waals surface area contributed by atoms with Crippen LogP contribution in [0.4, 0.5) is 5.13 Å². The predicted octanol–water partition coefficient (Wildman–Crippen LogP) is 3.41. The molecule has 7 heteroatoms. The van der Waals surface area contributed by atoms with Crippen LogP contribution in [0.2, 0.25) is 0 Å². The maximum Gasteiger partial charge on any atom is 0.250 e. The van der Waals surface area contributed by atoms with Gasteiger partial charge in [-0.1, -0.05) is 25.2 Å². The van der Waals surface area contributed by atoms with Crippen LogP contribution < -0.4 is 14.8 Å². The topological polar surface area (TPSA) is 73.3 Å². The summed E-state index contributed by atoms with van der Waals surface area (Å²) in [7, 11) is 3.16. The third-order valence-corrected chi connectivity index (χ3v) is 4.00. The highest BCUT2D eigenvalue weighted by atomic mass is 32.1. The van der Waals surface area contributed by atoms with Crippen molar-refractivity contribution < 1.29 is 14.3 Å². The van der Waals surface area contributed by atoms with E-state index in [4.69, 9.17) is 9.47 Å². The molecule has 0 radical (unpaired) electrons. The molecule has 0 saturated carbocycles. The van der Waals surface area contributed by atoms with E-state index in [9.17, 15) is 4.79 Å². The lowest BCUT2D eigenvalue weighted by molar-refractivity contribution is -0.111. The minimum Gasteiger partial charge on any atom is -0.497 e. The molecule has 1 heterocycles. The first-order chi connectivity index (χ1) is 11.5. The molecule has 0 fully saturated rings. The molecule has 0 aliphatic rings. The van der Waals surface area contributed by atoms with Gasteiger partial charge in [0.1, 0.15) is 16.5 Å². The summed E-state index contributed by atoms with van der Waals surface area (Å²) in [5.41, 5.74) is 0.784. The Bertz CT molecular complexity index is 726. The molecule has 2 aromatic rings. The van der Waals surface area contributed by atoms with E-state index in [-0.39, 0.29) is 5.91 Å². The van der Waals surface area contributed by atoms with Crippen LogP contribution in [0.5, 0.6) is 11.5 Å². The summed E-state index contributed by atoms with van der Waals surface area (Å²) in [5.74, 6) is 1.57. The molecule has 1 aromatic carbocycles. The number of benzene rings is 1. The molecule has 0 saturated heterocycles. The Morgan fingerprint density at radius 1 is 1.29 bits per heavy atom. The lowest BCUT2D eigenvalue weighted by Gasteiger charge is -2.07. The highest BCUT2D eigenvalue weighted by molar-refractivity contribution is 7.15. The van der Waals surface area contributed by atoms with E-state index in [0.29, 0.717) is 22.5 Å². The average Bonchev–Trinajstić information content (AvgIpc) is 2.98. The van der Waals surface area contributed by atoms with E-state index in [1.165, 1.54) is 17.4 Å². The molecule has 0 aliphatic heterocycles. The molecule has 1 aromatic heterocycles. The summed E-state index contributed by atoms with van der Waals surface area (Å²) in [6.07, 6.45) is 3.98. The Morgan fingerprint density at radius 2 is 2.08 bits per heavy atom. The van der Waals surface area contributed by atoms with Crippen molar-refractivity contribution in [1.82, 2.24) is 10.2 Å². The van der Waals surface area contributed by atoms with Crippen LogP contribution in [0.25, 0.3) is 6.08 Å². The Labute approximate surface area is 145 Å². The number of nitrogens with zero attached hydrogens (tertiary/aromatic N) is 2. The Kier molecular flexibility index (Phi) is 6.31. The van der Waals surface area contributed by atoms with Crippen LogP contribution in [-0.4, -0.2) is 30.3 Å². The van der Waals surface area contributed by atoms with Gasteiger partial charge in [-0.05, 0) is 24.1 Å². The molecule has 0 atom stereocenters. The quantitative estimate of drug-likeness (QED) is 0.777. The minimum absolute atomic E-state index is 0.264. The highest BCUT2D eigenvalue weighted by Crippen LogP contribution is 2.25. The van der Waals surface area contributed by atoms with Crippen LogP contribution in [-0.2, 0) is 11.2 Å². The van der Waals surface area contributed by atoms with Crippen molar-refractivity contribution in [2.45, 2.75) is 20.3 Å². The maximum atomic E-state index is 12.0. The molecule has 1 N–H and O–H groups in total. The molecular weight excluding hydrogens is 326 g/mol. The van der Waals surface area contributed by atoms with Crippen LogP contribution in [0, 0.1) is 5.92 Å². The van der Waals surface area contributed by atoms with Crippen molar-refractivity contribution in [3.63, 3.8) is 0 Å². The fourth-order valence-corrected chi connectivity index (χ4v) is 2.96. The van der Waals surface area contributed by atoms with Gasteiger partial charge in [-0.2, -0.15) is 0 Å². The molecule has 0 spiro atoms. The van der Waals surface area contributed by atoms with Crippen molar-refractivity contribution in [2.24, 2.45) is 5.92 Å². The number of ether oxygens (including phenoxy) is 2. The van der Waals surface area contributed by atoms with Gasteiger partial charge in [0, 0.05) is 24.1 Å². The van der Waals surface area contributed by atoms with Gasteiger partial charge in [0.15, 0.2) is 0 Å². The van der Waals surface area contributed by atoms with Gasteiger partial charge >= 0.3 is 0 Å². The number of carbonyl (C=O) groups is 1. The first-order valence-electron chi connectivity index (χ1n) is 7.55. The third-order valence-electron chi connectivity index (χ3n) is 3.13. The van der Waals surface area contributed by atoms with Crippen molar-refractivity contribution in [3.05, 3.63) is 34.8 Å². The molecule has 0 bridgehead atoms. The summed E-state index contributed by atoms with van der Waals surface area (Å²) >= 11 is 1.39. The largest absolute Gasteiger partial charge is 0.497 e. The number of hydrogen-bond donors (Lipinski definition) is 1. The Morgan fingerprint density at radius 3 is 2.75 bits per heavy atom. The second-order valence-corrected chi connectivity index (χ2v) is 6.59. The lowest BCUT2D eigenvalue weighted by Crippen LogP contribution is -2.07. The minimum atomic E-state index is -0.264. The molecule has 24 heavy (non-hydrogen) atoms. The second-order valence-electron chi connectivity index (χ2n) is 5.53. The van der Waals surface area contributed by atoms with Crippen LogP contribution in [0.3, 0.4) is 0 Å². The molecule has 0 unspecified atom stereocenters. The van der Waals surface area contributed by atoms with E-state index in [0.717, 1.165) is 17.0 Å². The van der Waals surface area contributed by atoms with Crippen LogP contribution >= 0.6 is 11.3 Å². The number of carbonyl (C=O) groups excluding carboxylic acids is 1. The molecule has 6 nitrogen and oxygen atoms in total. The van der Waals surface area contributed by atoms with E-state index >= 15 is 0 Å². The molecular formula is C17H21N3O3S. The SMILES string of the molecule is COc1ccc(/C=C/C(=O)Nc2nnc(CC(C)C)s2)c(OC)c1. The zero-order valence-corrected chi connectivity index (χ0v) is 15.0. The number of anilines is 1. The molecule has 1 amide bonds. The number of methoxy groups -OCH3 is 2. The van der Waals surface area contributed by atoms with Crippen molar-refractivity contribution in [1.29, 1.82) is 0 Å². The fraction of sp³-hybridized carbons (Fsp3) is 0.353. The fourth-order valence-electron chi connectivity index (χ4n) is 2.00. The average molecular weight is 347 g/mol. The first kappa shape index (κ1) is 17.9. The normalized spacial score (nSPS) is 11.0. The van der Waals surface area contributed by atoms with Gasteiger partial charge < -0.3 is 9.47 Å². The van der Waals surface area contributed by atoms with Gasteiger partial charge in [0.25, 0.3) is 0 Å². The van der Waals surface area contributed by atoms with Crippen LogP contribution in [0.15, 0.2) is 24.3 Å². The number of nitrogens with one attached hydrogen (secondary N) is 1. The summed E-state index contributed by atoms with van der Waals surface area (Å²) < 4.78 is 10.4. The number of rotatable bonds is 7. The second kappa shape index (κ2) is 8.44. The smallest absolute Gasteiger partial charge is 0.250 e. The summed E-state index contributed by atoms with van der Waals surface area (Å²) in [5, 5.41) is 12.2. The molecule has 128 valence electrons. The van der Waals surface area contributed by atoms with Gasteiger partial charge in [-0.15, -0.1) is 10.2 Å². The third kappa shape index (κ3) is 5.06. The van der Waals surface area contributed by atoms with E-state index in [1.54, 1.807) is 26.4 Å². The van der Waals surface area contributed by atoms with Gasteiger partial charge in [0.05, 0.1) is 14.2 Å². The Balaban J connectivity index is 2.01. The van der Waals surface area contributed by atoms with E-state index < -0.39 is 0 Å². The first-order valence-corrected chi connectivity index (χ1v) is 8.37. The standard InChI is InChI=1S/C17H21N3O3S/c1-11(2)9-16-19-20-17(24-16)18-15(21)8-6-12-5-7-13(22-3)10-14(12)23-4/h5-8,10-11H,9H2,1-4H3,(H,18,20,21)/b8-6+. The number of aromatic nitrogens is 2.